The van der Waals surface area contributed by atoms with E-state index in [0.717, 1.165) is 0 Å². The predicted molar refractivity (Wildman–Crippen MR) is 103 cm³/mol. The lowest BCUT2D eigenvalue weighted by molar-refractivity contribution is 0.102. The molecule has 0 aliphatic heterocycles. The number of nitrogens with zero attached hydrogens (tertiary/aromatic N) is 2. The Morgan fingerprint density at radius 2 is 1.93 bits per heavy atom. The fourth-order valence-electron chi connectivity index (χ4n) is 2.48. The van der Waals surface area contributed by atoms with Gasteiger partial charge in [-0.15, -0.1) is 0 Å². The molecule has 0 atom stereocenters. The lowest BCUT2D eigenvalue weighted by Gasteiger charge is -2.12. The number of rotatable bonds is 7. The van der Waals surface area contributed by atoms with Crippen LogP contribution in [-0.2, 0) is 6.54 Å². The van der Waals surface area contributed by atoms with Crippen molar-refractivity contribution in [3.63, 3.8) is 0 Å². The molecule has 144 valence electrons. The normalized spacial score (nSPS) is 10.2. The summed E-state index contributed by atoms with van der Waals surface area (Å²) in [5.74, 6) is 0.512. The van der Waals surface area contributed by atoms with Gasteiger partial charge in [-0.1, -0.05) is 18.2 Å². The van der Waals surface area contributed by atoms with Gasteiger partial charge in [0.1, 0.15) is 23.0 Å². The number of methoxy groups -OCH3 is 2. The molecule has 28 heavy (non-hydrogen) atoms. The maximum Gasteiger partial charge on any atom is 0.274 e. The molecule has 0 fully saturated rings. The van der Waals surface area contributed by atoms with Crippen molar-refractivity contribution in [2.24, 2.45) is 0 Å². The molecule has 8 heteroatoms. The van der Waals surface area contributed by atoms with Crippen molar-refractivity contribution in [1.82, 2.24) is 9.97 Å². The van der Waals surface area contributed by atoms with Crippen molar-refractivity contribution < 1.29 is 18.7 Å². The molecule has 2 aromatic carbocycles. The number of halogens is 1. The summed E-state index contributed by atoms with van der Waals surface area (Å²) in [4.78, 5) is 20.8. The molecule has 0 bridgehead atoms. The number of hydrogen-bond acceptors (Lipinski definition) is 6. The number of benzene rings is 2. The zero-order chi connectivity index (χ0) is 19.9. The Labute approximate surface area is 161 Å². The van der Waals surface area contributed by atoms with Gasteiger partial charge in [-0.25, -0.2) is 14.4 Å². The number of hydrogen-bond donors (Lipinski definition) is 2. The van der Waals surface area contributed by atoms with Crippen LogP contribution < -0.4 is 20.1 Å². The number of ether oxygens (including phenoxy) is 2. The molecule has 0 aliphatic rings. The van der Waals surface area contributed by atoms with Gasteiger partial charge in [0, 0.05) is 24.4 Å². The average molecular weight is 382 g/mol. The molecule has 3 aromatic rings. The van der Waals surface area contributed by atoms with Gasteiger partial charge in [0.05, 0.1) is 19.9 Å². The van der Waals surface area contributed by atoms with E-state index in [0.29, 0.717) is 22.7 Å². The molecule has 7 nitrogen and oxygen atoms in total. The fraction of sp³-hybridized carbons (Fsp3) is 0.150. The zero-order valence-corrected chi connectivity index (χ0v) is 15.4. The van der Waals surface area contributed by atoms with Crippen LogP contribution in [0.4, 0.5) is 16.0 Å². The van der Waals surface area contributed by atoms with Gasteiger partial charge in [-0.05, 0) is 24.3 Å². The predicted octanol–water partition coefficient (Wildman–Crippen LogP) is 3.50. The fourth-order valence-corrected chi connectivity index (χ4v) is 2.48. The van der Waals surface area contributed by atoms with E-state index in [1.807, 2.05) is 0 Å². The van der Waals surface area contributed by atoms with Crippen molar-refractivity contribution in [2.45, 2.75) is 6.54 Å². The van der Waals surface area contributed by atoms with Gasteiger partial charge in [0.15, 0.2) is 0 Å². The molecule has 0 spiro atoms. The summed E-state index contributed by atoms with van der Waals surface area (Å²) < 4.78 is 24.1. The molecule has 0 aliphatic carbocycles. The molecule has 0 saturated heterocycles. The quantitative estimate of drug-likeness (QED) is 0.651. The Morgan fingerprint density at radius 3 is 2.68 bits per heavy atom. The second kappa shape index (κ2) is 8.81. The standard InChI is InChI=1S/C20H19FN4O3/c1-27-14-7-8-18(28-2)17(11-14)24-19(26)16-9-10-22-20(25-16)23-12-13-5-3-4-6-15(13)21/h3-11H,12H2,1-2H3,(H,24,26)(H,22,23,25). The first-order valence-corrected chi connectivity index (χ1v) is 8.44. The summed E-state index contributed by atoms with van der Waals surface area (Å²) in [6.45, 7) is 0.196. The van der Waals surface area contributed by atoms with Gasteiger partial charge in [0.2, 0.25) is 5.95 Å². The largest absolute Gasteiger partial charge is 0.497 e. The minimum absolute atomic E-state index is 0.149. The lowest BCUT2D eigenvalue weighted by Crippen LogP contribution is -2.16. The first kappa shape index (κ1) is 19.1. The van der Waals surface area contributed by atoms with Crippen LogP contribution in [0.25, 0.3) is 0 Å². The van der Waals surface area contributed by atoms with Crippen molar-refractivity contribution in [3.05, 3.63) is 71.8 Å². The van der Waals surface area contributed by atoms with Crippen LogP contribution in [0, 0.1) is 5.82 Å². The molecule has 1 aromatic heterocycles. The van der Waals surface area contributed by atoms with E-state index >= 15 is 0 Å². The number of anilines is 2. The zero-order valence-electron chi connectivity index (χ0n) is 15.4. The van der Waals surface area contributed by atoms with Crippen LogP contribution in [0.3, 0.4) is 0 Å². The van der Waals surface area contributed by atoms with Crippen LogP contribution in [0.2, 0.25) is 0 Å². The molecule has 0 saturated carbocycles. The summed E-state index contributed by atoms with van der Waals surface area (Å²) in [5.41, 5.74) is 1.07. The number of carbonyl (C=O) groups excluding carboxylic acids is 1. The van der Waals surface area contributed by atoms with E-state index < -0.39 is 5.91 Å². The van der Waals surface area contributed by atoms with Crippen molar-refractivity contribution >= 4 is 17.5 Å². The van der Waals surface area contributed by atoms with Gasteiger partial charge in [-0.2, -0.15) is 0 Å². The molecule has 3 rings (SSSR count). The number of nitrogens with one attached hydrogen (secondary N) is 2. The highest BCUT2D eigenvalue weighted by Crippen LogP contribution is 2.29. The third-order valence-electron chi connectivity index (χ3n) is 3.94. The Kier molecular flexibility index (Phi) is 6.01. The van der Waals surface area contributed by atoms with Gasteiger partial charge >= 0.3 is 0 Å². The Bertz CT molecular complexity index is 981. The topological polar surface area (TPSA) is 85.4 Å². The van der Waals surface area contributed by atoms with Crippen LogP contribution in [-0.4, -0.2) is 30.1 Å². The SMILES string of the molecule is COc1ccc(OC)c(NC(=O)c2ccnc(NCc3ccccc3F)n2)c1. The minimum atomic E-state index is -0.442. The maximum atomic E-state index is 13.7. The Balaban J connectivity index is 1.73. The summed E-state index contributed by atoms with van der Waals surface area (Å²) in [7, 11) is 3.04. The highest BCUT2D eigenvalue weighted by molar-refractivity contribution is 6.03. The van der Waals surface area contributed by atoms with E-state index in [4.69, 9.17) is 9.47 Å². The van der Waals surface area contributed by atoms with Crippen LogP contribution >= 0.6 is 0 Å². The summed E-state index contributed by atoms with van der Waals surface area (Å²) in [6.07, 6.45) is 1.45. The van der Waals surface area contributed by atoms with Crippen molar-refractivity contribution in [3.8, 4) is 11.5 Å². The average Bonchev–Trinajstić information content (AvgIpc) is 2.73. The van der Waals surface area contributed by atoms with Crippen LogP contribution in [0.15, 0.2) is 54.7 Å². The Hall–Kier alpha value is -3.68. The number of carbonyl (C=O) groups is 1. The van der Waals surface area contributed by atoms with E-state index in [1.165, 1.54) is 32.5 Å². The van der Waals surface area contributed by atoms with E-state index in [-0.39, 0.29) is 24.0 Å². The number of amides is 1. The monoisotopic (exact) mass is 382 g/mol. The number of aromatic nitrogens is 2. The van der Waals surface area contributed by atoms with Gasteiger partial charge in [0.25, 0.3) is 5.91 Å². The maximum absolute atomic E-state index is 13.7. The first-order valence-electron chi connectivity index (χ1n) is 8.44. The first-order chi connectivity index (χ1) is 13.6. The summed E-state index contributed by atoms with van der Waals surface area (Å²) in [6, 6.07) is 12.9. The van der Waals surface area contributed by atoms with Crippen molar-refractivity contribution in [2.75, 3.05) is 24.9 Å². The van der Waals surface area contributed by atoms with E-state index in [2.05, 4.69) is 20.6 Å². The molecule has 1 heterocycles. The third kappa shape index (κ3) is 4.53. The second-order valence-electron chi connectivity index (χ2n) is 5.73. The minimum Gasteiger partial charge on any atom is -0.497 e. The third-order valence-corrected chi connectivity index (χ3v) is 3.94. The molecule has 2 N–H and O–H groups in total. The second-order valence-corrected chi connectivity index (χ2v) is 5.73. The van der Waals surface area contributed by atoms with Crippen LogP contribution in [0.5, 0.6) is 11.5 Å². The van der Waals surface area contributed by atoms with E-state index in [1.54, 1.807) is 36.4 Å². The molecule has 0 radical (unpaired) electrons. The molecule has 0 unspecified atom stereocenters. The van der Waals surface area contributed by atoms with Crippen LogP contribution in [0.1, 0.15) is 16.1 Å². The smallest absolute Gasteiger partial charge is 0.274 e. The molecular formula is C20H19FN4O3. The lowest BCUT2D eigenvalue weighted by atomic mass is 10.2. The Morgan fingerprint density at radius 1 is 1.11 bits per heavy atom. The summed E-state index contributed by atoms with van der Waals surface area (Å²) in [5, 5.41) is 5.66. The van der Waals surface area contributed by atoms with E-state index in [9.17, 15) is 9.18 Å². The van der Waals surface area contributed by atoms with Gasteiger partial charge in [-0.3, -0.25) is 4.79 Å². The van der Waals surface area contributed by atoms with Crippen molar-refractivity contribution in [1.29, 1.82) is 0 Å². The molecule has 1 amide bonds. The highest BCUT2D eigenvalue weighted by atomic mass is 19.1. The van der Waals surface area contributed by atoms with Gasteiger partial charge < -0.3 is 20.1 Å². The summed E-state index contributed by atoms with van der Waals surface area (Å²) >= 11 is 0. The highest BCUT2D eigenvalue weighted by Gasteiger charge is 2.13. The molecular weight excluding hydrogens is 363 g/mol.